The minimum Gasteiger partial charge on any atom is -0.461 e. The Kier molecular flexibility index (Phi) is 3.81. The summed E-state index contributed by atoms with van der Waals surface area (Å²) in [7, 11) is 0. The molecule has 2 N–H and O–H groups in total. The molecule has 0 aliphatic rings. The first-order valence-corrected chi connectivity index (χ1v) is 4.75. The van der Waals surface area contributed by atoms with Crippen LogP contribution < -0.4 is 5.73 Å². The lowest BCUT2D eigenvalue weighted by Gasteiger charge is -2.04. The van der Waals surface area contributed by atoms with E-state index < -0.39 is 16.8 Å². The monoisotopic (exact) mass is 241 g/mol. The molecule has 92 valence electrons. The van der Waals surface area contributed by atoms with Gasteiger partial charge in [-0.25, -0.2) is 4.79 Å². The second-order valence-electron chi connectivity index (χ2n) is 3.16. The summed E-state index contributed by atoms with van der Waals surface area (Å²) in [6.45, 7) is 1.42. The van der Waals surface area contributed by atoms with Crippen LogP contribution in [-0.4, -0.2) is 28.0 Å². The predicted octanol–water partition coefficient (Wildman–Crippen LogP) is 0.0583. The fourth-order valence-corrected chi connectivity index (χ4v) is 1.27. The van der Waals surface area contributed by atoms with Gasteiger partial charge in [0, 0.05) is 6.07 Å². The minimum atomic E-state index is -0.734. The van der Waals surface area contributed by atoms with Crippen molar-refractivity contribution in [2.75, 3.05) is 6.61 Å². The van der Waals surface area contributed by atoms with E-state index in [4.69, 9.17) is 10.5 Å². The average molecular weight is 241 g/mol. The fraction of sp³-hybridized carbons (Fsp3) is 0.333. The normalized spacial score (nSPS) is 9.94. The molecule has 1 aromatic rings. The summed E-state index contributed by atoms with van der Waals surface area (Å²) in [6.07, 6.45) is 1.07. The van der Waals surface area contributed by atoms with Crippen LogP contribution in [0.2, 0.25) is 0 Å². The molecule has 0 saturated heterocycles. The maximum Gasteiger partial charge on any atom is 0.355 e. The van der Waals surface area contributed by atoms with Crippen LogP contribution in [0.5, 0.6) is 0 Å². The van der Waals surface area contributed by atoms with Crippen LogP contribution in [-0.2, 0) is 16.1 Å². The van der Waals surface area contributed by atoms with E-state index in [0.717, 1.165) is 16.8 Å². The van der Waals surface area contributed by atoms with Crippen LogP contribution in [0.4, 0.5) is 5.69 Å². The first kappa shape index (κ1) is 12.7. The first-order chi connectivity index (χ1) is 7.95. The number of nitro groups is 1. The zero-order valence-corrected chi connectivity index (χ0v) is 9.08. The summed E-state index contributed by atoms with van der Waals surface area (Å²) in [5.41, 5.74) is 4.60. The smallest absolute Gasteiger partial charge is 0.355 e. The van der Waals surface area contributed by atoms with Gasteiger partial charge in [0.15, 0.2) is 0 Å². The number of esters is 1. The molecule has 0 aromatic carbocycles. The van der Waals surface area contributed by atoms with Gasteiger partial charge in [0.1, 0.15) is 12.2 Å². The lowest BCUT2D eigenvalue weighted by atomic mass is 10.4. The molecule has 1 rings (SSSR count). The molecule has 0 saturated carbocycles. The summed E-state index contributed by atoms with van der Waals surface area (Å²) in [5, 5.41) is 10.6. The van der Waals surface area contributed by atoms with Crippen molar-refractivity contribution in [3.63, 3.8) is 0 Å². The van der Waals surface area contributed by atoms with E-state index >= 15 is 0 Å². The standard InChI is InChI=1S/C9H11N3O5/c1-2-17-9(14)7-3-6(12(15)16)4-11(7)5-8(10)13/h3-4H,2,5H2,1H3,(H2,10,13). The molecule has 8 heteroatoms. The Morgan fingerprint density at radius 3 is 2.71 bits per heavy atom. The van der Waals surface area contributed by atoms with Crippen molar-refractivity contribution in [1.82, 2.24) is 4.57 Å². The van der Waals surface area contributed by atoms with Crippen LogP contribution in [0.3, 0.4) is 0 Å². The average Bonchev–Trinajstić information content (AvgIpc) is 2.61. The van der Waals surface area contributed by atoms with Crippen molar-refractivity contribution in [3.8, 4) is 0 Å². The van der Waals surface area contributed by atoms with Crippen molar-refractivity contribution in [2.45, 2.75) is 13.5 Å². The summed E-state index contributed by atoms with van der Waals surface area (Å²) < 4.78 is 5.80. The number of hydrogen-bond donors (Lipinski definition) is 1. The van der Waals surface area contributed by atoms with Crippen LogP contribution in [0.15, 0.2) is 12.3 Å². The maximum atomic E-state index is 11.5. The summed E-state index contributed by atoms with van der Waals surface area (Å²) >= 11 is 0. The second-order valence-corrected chi connectivity index (χ2v) is 3.16. The molecule has 0 aliphatic carbocycles. The van der Waals surface area contributed by atoms with Gasteiger partial charge in [-0.1, -0.05) is 0 Å². The van der Waals surface area contributed by atoms with Crippen LogP contribution in [0.25, 0.3) is 0 Å². The molecular weight excluding hydrogens is 230 g/mol. The van der Waals surface area contributed by atoms with E-state index in [1.807, 2.05) is 0 Å². The third kappa shape index (κ3) is 3.03. The number of primary amides is 1. The summed E-state index contributed by atoms with van der Waals surface area (Å²) in [4.78, 5) is 32.1. The zero-order chi connectivity index (χ0) is 13.0. The van der Waals surface area contributed by atoms with Gasteiger partial charge in [-0.05, 0) is 6.92 Å². The Morgan fingerprint density at radius 2 is 2.24 bits per heavy atom. The van der Waals surface area contributed by atoms with Crippen LogP contribution in [0.1, 0.15) is 17.4 Å². The highest BCUT2D eigenvalue weighted by Gasteiger charge is 2.20. The number of rotatable bonds is 5. The number of aromatic nitrogens is 1. The van der Waals surface area contributed by atoms with Gasteiger partial charge in [-0.3, -0.25) is 14.9 Å². The van der Waals surface area contributed by atoms with Gasteiger partial charge in [0.2, 0.25) is 5.91 Å². The molecule has 0 spiro atoms. The van der Waals surface area contributed by atoms with Crippen molar-refractivity contribution in [3.05, 3.63) is 28.1 Å². The van der Waals surface area contributed by atoms with E-state index in [0.29, 0.717) is 0 Å². The van der Waals surface area contributed by atoms with Crippen molar-refractivity contribution in [1.29, 1.82) is 0 Å². The lowest BCUT2D eigenvalue weighted by Crippen LogP contribution is -2.21. The Bertz CT molecular complexity index is 465. The quantitative estimate of drug-likeness (QED) is 0.444. The number of ether oxygens (including phenoxy) is 1. The summed E-state index contributed by atoms with van der Waals surface area (Å²) in [6, 6.07) is 1.04. The molecule has 0 fully saturated rings. The number of nitrogens with zero attached hydrogens (tertiary/aromatic N) is 2. The Balaban J connectivity index is 3.11. The van der Waals surface area contributed by atoms with Crippen molar-refractivity contribution >= 4 is 17.6 Å². The highest BCUT2D eigenvalue weighted by Crippen LogP contribution is 2.17. The van der Waals surface area contributed by atoms with Gasteiger partial charge in [-0.2, -0.15) is 0 Å². The molecule has 0 aliphatic heterocycles. The molecule has 0 bridgehead atoms. The number of carbonyl (C=O) groups is 2. The summed E-state index contributed by atoms with van der Waals surface area (Å²) in [5.74, 6) is -1.44. The van der Waals surface area contributed by atoms with Gasteiger partial charge >= 0.3 is 5.97 Å². The molecular formula is C9H11N3O5. The Morgan fingerprint density at radius 1 is 1.59 bits per heavy atom. The molecule has 0 radical (unpaired) electrons. The number of nitrogens with two attached hydrogens (primary N) is 1. The minimum absolute atomic E-state index is 0.0719. The number of amides is 1. The van der Waals surface area contributed by atoms with Crippen molar-refractivity contribution in [2.24, 2.45) is 5.73 Å². The predicted molar refractivity (Wildman–Crippen MR) is 56.2 cm³/mol. The van der Waals surface area contributed by atoms with E-state index in [1.54, 1.807) is 6.92 Å². The van der Waals surface area contributed by atoms with E-state index in [-0.39, 0.29) is 24.5 Å². The second kappa shape index (κ2) is 5.10. The highest BCUT2D eigenvalue weighted by atomic mass is 16.6. The SMILES string of the molecule is CCOC(=O)c1cc([N+](=O)[O-])cn1CC(N)=O. The lowest BCUT2D eigenvalue weighted by molar-refractivity contribution is -0.384. The molecule has 0 unspecified atom stereocenters. The third-order valence-corrected chi connectivity index (χ3v) is 1.90. The van der Waals surface area contributed by atoms with Gasteiger partial charge in [-0.15, -0.1) is 0 Å². The number of carbonyl (C=O) groups excluding carboxylic acids is 2. The van der Waals surface area contributed by atoms with Crippen molar-refractivity contribution < 1.29 is 19.2 Å². The van der Waals surface area contributed by atoms with Gasteiger partial charge < -0.3 is 15.0 Å². The Labute approximate surface area is 96.1 Å². The van der Waals surface area contributed by atoms with E-state index in [2.05, 4.69) is 0 Å². The molecule has 17 heavy (non-hydrogen) atoms. The maximum absolute atomic E-state index is 11.5. The van der Waals surface area contributed by atoms with Gasteiger partial charge in [0.05, 0.1) is 17.7 Å². The molecule has 8 nitrogen and oxygen atoms in total. The van der Waals surface area contributed by atoms with Crippen LogP contribution >= 0.6 is 0 Å². The topological polar surface area (TPSA) is 117 Å². The Hall–Kier alpha value is -2.38. The molecule has 1 heterocycles. The highest BCUT2D eigenvalue weighted by molar-refractivity contribution is 5.89. The largest absolute Gasteiger partial charge is 0.461 e. The molecule has 1 aromatic heterocycles. The fourth-order valence-electron chi connectivity index (χ4n) is 1.27. The third-order valence-electron chi connectivity index (χ3n) is 1.90. The zero-order valence-electron chi connectivity index (χ0n) is 9.08. The molecule has 1 amide bonds. The van der Waals surface area contributed by atoms with Gasteiger partial charge in [0.25, 0.3) is 5.69 Å². The number of hydrogen-bond acceptors (Lipinski definition) is 5. The van der Waals surface area contributed by atoms with Crippen LogP contribution in [0, 0.1) is 10.1 Å². The first-order valence-electron chi connectivity index (χ1n) is 4.75. The van der Waals surface area contributed by atoms with E-state index in [9.17, 15) is 19.7 Å². The molecule has 0 atom stereocenters. The van der Waals surface area contributed by atoms with E-state index in [1.165, 1.54) is 0 Å².